The van der Waals surface area contributed by atoms with E-state index < -0.39 is 77.1 Å². The Labute approximate surface area is 347 Å². The van der Waals surface area contributed by atoms with Gasteiger partial charge in [-0.25, -0.2) is 0 Å². The number of thiophene rings is 1. The summed E-state index contributed by atoms with van der Waals surface area (Å²) in [6, 6.07) is 7.89. The minimum absolute atomic E-state index is 0.00273. The Morgan fingerprint density at radius 1 is 1.10 bits per heavy atom. The molecule has 0 spiro atoms. The molecule has 2 aromatic rings. The van der Waals surface area contributed by atoms with Gasteiger partial charge in [-0.05, 0) is 97.2 Å². The largest absolute Gasteiger partial charge is 0.481 e. The summed E-state index contributed by atoms with van der Waals surface area (Å²) in [7, 11) is 0. The molecule has 5 aliphatic rings. The number of rotatable bonds is 14. The number of aliphatic carboxylic acids is 1. The van der Waals surface area contributed by atoms with Gasteiger partial charge in [0.05, 0.1) is 29.0 Å². The lowest BCUT2D eigenvalue weighted by Gasteiger charge is -2.59. The standard InChI is InChI=1S/C42H48BrN3O11S/c1-40-11-10-26(48)15-24(40)6-7-27-28-16-33-42(32(50)20-47,41(28,2)17-30(49)37(27)40)57-39(56-33)31-14-23(21-58-31)12-22-4-3-5-25(13-22)45-38(55)29(8-9-36(53)54)46-35(52)19-44-34(51)18-43/h3-5,10-11,13-15,21,27-30,33,37,39,47,49H,6-9,12,16-20H2,1-2H3,(H,44,51)(H,45,55)(H,46,52)(H,53,54)/t27-,28-,29-,30-,33+,37+,39+,40-,41-,42+/m0/s1. The number of hydrogen-bond acceptors (Lipinski definition) is 11. The van der Waals surface area contributed by atoms with Crippen molar-refractivity contribution in [1.29, 1.82) is 0 Å². The van der Waals surface area contributed by atoms with Crippen LogP contribution < -0.4 is 16.0 Å². The summed E-state index contributed by atoms with van der Waals surface area (Å²) in [4.78, 5) is 75.4. The van der Waals surface area contributed by atoms with Crippen LogP contribution in [-0.2, 0) is 44.7 Å². The average molecular weight is 883 g/mol. The number of ketones is 2. The molecule has 58 heavy (non-hydrogen) atoms. The number of benzene rings is 1. The molecular weight excluding hydrogens is 834 g/mol. The molecule has 4 aliphatic carbocycles. The van der Waals surface area contributed by atoms with Gasteiger partial charge in [-0.15, -0.1) is 11.3 Å². The highest BCUT2D eigenvalue weighted by Gasteiger charge is 2.76. The number of aliphatic hydroxyl groups is 2. The SMILES string of the molecule is C[C@]12C=CC(=O)C=C1CC[C@@H]1[C@@H]2[C@@H](O)C[C@@]2(C)[C@H]1C[C@H]1O[C@@H](c3cc(Cc4cccc(NC(=O)[C@H](CCC(=O)O)NC(=O)CNC(=O)CBr)c4)cs3)O[C@]12C(=O)CO. The summed E-state index contributed by atoms with van der Waals surface area (Å²) >= 11 is 4.41. The van der Waals surface area contributed by atoms with Crippen molar-refractivity contribution in [3.8, 4) is 0 Å². The molecule has 14 nitrogen and oxygen atoms in total. The fourth-order valence-corrected chi connectivity index (χ4v) is 11.7. The highest BCUT2D eigenvalue weighted by Crippen LogP contribution is 2.70. The molecule has 7 rings (SSSR count). The molecule has 1 aliphatic heterocycles. The van der Waals surface area contributed by atoms with E-state index in [1.165, 1.54) is 11.3 Å². The first-order valence-corrected chi connectivity index (χ1v) is 21.5. The van der Waals surface area contributed by atoms with Crippen LogP contribution in [0.25, 0.3) is 0 Å². The van der Waals surface area contributed by atoms with Gasteiger partial charge in [0.2, 0.25) is 17.7 Å². The number of carbonyl (C=O) groups is 6. The normalized spacial score (nSPS) is 32.5. The molecule has 4 fully saturated rings. The maximum atomic E-state index is 13.9. The third-order valence-corrected chi connectivity index (χ3v) is 14.7. The summed E-state index contributed by atoms with van der Waals surface area (Å²) < 4.78 is 13.4. The zero-order valence-corrected chi connectivity index (χ0v) is 34.6. The molecule has 16 heteroatoms. The molecular formula is C42H48BrN3O11S. The number of anilines is 1. The lowest BCUT2D eigenvalue weighted by atomic mass is 9.46. The van der Waals surface area contributed by atoms with Crippen LogP contribution in [0.15, 0.2) is 59.5 Å². The number of halogens is 1. The highest BCUT2D eigenvalue weighted by molar-refractivity contribution is 9.09. The molecule has 1 aromatic heterocycles. The molecule has 6 N–H and O–H groups in total. The Kier molecular flexibility index (Phi) is 12.0. The quantitative estimate of drug-likeness (QED) is 0.150. The third kappa shape index (κ3) is 7.63. The number of nitrogens with one attached hydrogen (secondary N) is 3. The minimum atomic E-state index is -1.46. The summed E-state index contributed by atoms with van der Waals surface area (Å²) in [5, 5.41) is 41.1. The number of carboxylic acid groups (broad SMARTS) is 1. The van der Waals surface area contributed by atoms with Crippen molar-refractivity contribution in [1.82, 2.24) is 10.6 Å². The summed E-state index contributed by atoms with van der Waals surface area (Å²) in [5.74, 6) is -3.40. The predicted molar refractivity (Wildman–Crippen MR) is 215 cm³/mol. The van der Waals surface area contributed by atoms with Crippen LogP contribution in [0.1, 0.15) is 74.7 Å². The van der Waals surface area contributed by atoms with Crippen LogP contribution in [0.4, 0.5) is 5.69 Å². The topological polar surface area (TPSA) is 218 Å². The van der Waals surface area contributed by atoms with E-state index >= 15 is 0 Å². The van der Waals surface area contributed by atoms with Crippen LogP contribution in [0.5, 0.6) is 0 Å². The highest BCUT2D eigenvalue weighted by atomic mass is 79.9. The minimum Gasteiger partial charge on any atom is -0.481 e. The molecule has 0 unspecified atom stereocenters. The Bertz CT molecular complexity index is 2070. The van der Waals surface area contributed by atoms with Gasteiger partial charge in [0, 0.05) is 28.9 Å². The summed E-state index contributed by atoms with van der Waals surface area (Å²) in [6.45, 7) is 3.00. The Morgan fingerprint density at radius 3 is 2.64 bits per heavy atom. The molecule has 0 radical (unpaired) electrons. The fourth-order valence-electron chi connectivity index (χ4n) is 10.7. The maximum absolute atomic E-state index is 13.9. The number of aliphatic hydroxyl groups excluding tert-OH is 2. The smallest absolute Gasteiger partial charge is 0.303 e. The first kappa shape index (κ1) is 42.1. The fraction of sp³-hybridized carbons (Fsp3) is 0.524. The van der Waals surface area contributed by atoms with Gasteiger partial charge < -0.3 is 40.7 Å². The Morgan fingerprint density at radius 2 is 1.90 bits per heavy atom. The molecule has 310 valence electrons. The second-order valence-corrected chi connectivity index (χ2v) is 18.0. The summed E-state index contributed by atoms with van der Waals surface area (Å²) in [6.07, 6.45) is 5.24. The van der Waals surface area contributed by atoms with Crippen molar-refractivity contribution in [3.63, 3.8) is 0 Å². The van der Waals surface area contributed by atoms with Crippen molar-refractivity contribution >= 4 is 68.2 Å². The second kappa shape index (κ2) is 16.5. The second-order valence-electron chi connectivity index (χ2n) is 16.5. The molecule has 2 heterocycles. The van der Waals surface area contributed by atoms with E-state index in [-0.39, 0.29) is 54.7 Å². The molecule has 0 bridgehead atoms. The first-order chi connectivity index (χ1) is 27.6. The van der Waals surface area contributed by atoms with E-state index in [9.17, 15) is 44.1 Å². The predicted octanol–water partition coefficient (Wildman–Crippen LogP) is 3.74. The zero-order chi connectivity index (χ0) is 41.6. The van der Waals surface area contributed by atoms with E-state index in [1.807, 2.05) is 30.5 Å². The lowest BCUT2D eigenvalue weighted by molar-refractivity contribution is -0.200. The molecule has 10 atom stereocenters. The molecule has 1 aromatic carbocycles. The Balaban J connectivity index is 1.04. The van der Waals surface area contributed by atoms with Crippen LogP contribution in [0.3, 0.4) is 0 Å². The number of fused-ring (bicyclic) bond motifs is 7. The maximum Gasteiger partial charge on any atom is 0.303 e. The lowest BCUT2D eigenvalue weighted by Crippen LogP contribution is -2.63. The third-order valence-electron chi connectivity index (χ3n) is 13.2. The zero-order valence-electron chi connectivity index (χ0n) is 32.2. The van der Waals surface area contributed by atoms with Crippen LogP contribution in [-0.4, -0.2) is 92.9 Å². The Hall–Kier alpha value is -4.06. The van der Waals surface area contributed by atoms with Crippen molar-refractivity contribution in [2.75, 3.05) is 23.8 Å². The number of Topliss-reactive ketones (excluding diaryl/α,β-unsaturated/α-hetero) is 1. The van der Waals surface area contributed by atoms with Gasteiger partial charge in [-0.3, -0.25) is 28.8 Å². The van der Waals surface area contributed by atoms with E-state index in [0.717, 1.165) is 34.4 Å². The van der Waals surface area contributed by atoms with Crippen LogP contribution >= 0.6 is 27.3 Å². The van der Waals surface area contributed by atoms with Crippen molar-refractivity contribution in [3.05, 3.63) is 75.5 Å². The van der Waals surface area contributed by atoms with E-state index in [4.69, 9.17) is 9.47 Å². The van der Waals surface area contributed by atoms with Crippen LogP contribution in [0.2, 0.25) is 0 Å². The van der Waals surface area contributed by atoms with Crippen LogP contribution in [0, 0.1) is 28.6 Å². The molecule has 3 saturated carbocycles. The van der Waals surface area contributed by atoms with Gasteiger partial charge in [0.15, 0.2) is 23.5 Å². The first-order valence-electron chi connectivity index (χ1n) is 19.5. The van der Waals surface area contributed by atoms with Gasteiger partial charge in [0.25, 0.3) is 0 Å². The number of hydrogen-bond donors (Lipinski definition) is 6. The van der Waals surface area contributed by atoms with Gasteiger partial charge in [0.1, 0.15) is 12.6 Å². The van der Waals surface area contributed by atoms with Gasteiger partial charge >= 0.3 is 5.97 Å². The van der Waals surface area contributed by atoms with Gasteiger partial charge in [-0.2, -0.15) is 0 Å². The number of carboxylic acids is 1. The summed E-state index contributed by atoms with van der Waals surface area (Å²) in [5.41, 5.74) is 0.499. The van der Waals surface area contributed by atoms with Crippen molar-refractivity contribution in [2.45, 2.75) is 88.9 Å². The monoisotopic (exact) mass is 881 g/mol. The number of amides is 3. The number of ether oxygens (including phenoxy) is 2. The van der Waals surface area contributed by atoms with E-state index in [2.05, 4.69) is 38.8 Å². The molecule has 3 amide bonds. The van der Waals surface area contributed by atoms with Crippen molar-refractivity contribution in [2.24, 2.45) is 28.6 Å². The average Bonchev–Trinajstić information content (AvgIpc) is 3.88. The van der Waals surface area contributed by atoms with Crippen molar-refractivity contribution < 1.29 is 53.6 Å². The number of carbonyl (C=O) groups excluding carboxylic acids is 5. The number of allylic oxidation sites excluding steroid dienone is 4. The van der Waals surface area contributed by atoms with E-state index in [1.54, 1.807) is 30.4 Å². The molecule has 1 saturated heterocycles. The number of alkyl halides is 1. The van der Waals surface area contributed by atoms with Gasteiger partial charge in [-0.1, -0.05) is 53.6 Å². The van der Waals surface area contributed by atoms with E-state index in [0.29, 0.717) is 18.5 Å².